The molecule has 18 heavy (non-hydrogen) atoms. The van der Waals surface area contributed by atoms with Crippen LogP contribution in [0.15, 0.2) is 23.2 Å². The minimum absolute atomic E-state index is 0.359. The van der Waals surface area contributed by atoms with Crippen LogP contribution in [0.25, 0.3) is 0 Å². The summed E-state index contributed by atoms with van der Waals surface area (Å²) in [4.78, 5) is 14.9. The lowest BCUT2D eigenvalue weighted by Gasteiger charge is -2.26. The van der Waals surface area contributed by atoms with Crippen LogP contribution in [-0.4, -0.2) is 13.2 Å². The van der Waals surface area contributed by atoms with Crippen LogP contribution >= 0.6 is 0 Å². The van der Waals surface area contributed by atoms with Gasteiger partial charge in [0.25, 0.3) is 0 Å². The molecule has 0 bridgehead atoms. The van der Waals surface area contributed by atoms with Crippen molar-refractivity contribution in [1.29, 1.82) is 0 Å². The lowest BCUT2D eigenvalue weighted by molar-refractivity contribution is 0.401. The van der Waals surface area contributed by atoms with E-state index in [0.717, 1.165) is 43.4 Å². The molecule has 0 heterocycles. The number of ether oxygens (including phenoxy) is 1. The van der Waals surface area contributed by atoms with Crippen molar-refractivity contribution in [2.75, 3.05) is 7.11 Å². The molecule has 0 atom stereocenters. The van der Waals surface area contributed by atoms with Crippen molar-refractivity contribution in [3.8, 4) is 5.75 Å². The Hall–Kier alpha value is -1.60. The summed E-state index contributed by atoms with van der Waals surface area (Å²) in [6.45, 7) is 2.11. The molecule has 0 saturated heterocycles. The SMILES string of the molecule is CCc1c(OC)cccc1C1(N=C=O)CCCC1. The number of benzene rings is 1. The molecule has 0 spiro atoms. The fourth-order valence-electron chi connectivity index (χ4n) is 3.05. The maximum atomic E-state index is 10.8. The highest BCUT2D eigenvalue weighted by Gasteiger charge is 2.37. The lowest BCUT2D eigenvalue weighted by atomic mass is 9.84. The molecular weight excluding hydrogens is 226 g/mol. The maximum Gasteiger partial charge on any atom is 0.235 e. The molecular formula is C15H19NO2. The highest BCUT2D eigenvalue weighted by molar-refractivity contribution is 5.47. The van der Waals surface area contributed by atoms with Gasteiger partial charge in [-0.05, 0) is 36.5 Å². The van der Waals surface area contributed by atoms with E-state index in [1.54, 1.807) is 13.2 Å². The second-order valence-corrected chi connectivity index (χ2v) is 4.78. The third-order valence-electron chi connectivity index (χ3n) is 3.90. The highest BCUT2D eigenvalue weighted by atomic mass is 16.5. The van der Waals surface area contributed by atoms with Gasteiger partial charge in [-0.3, -0.25) is 0 Å². The van der Waals surface area contributed by atoms with Gasteiger partial charge in [-0.1, -0.05) is 31.9 Å². The molecule has 1 aromatic carbocycles. The third-order valence-corrected chi connectivity index (χ3v) is 3.90. The lowest BCUT2D eigenvalue weighted by Crippen LogP contribution is -2.21. The molecule has 96 valence electrons. The van der Waals surface area contributed by atoms with Crippen LogP contribution < -0.4 is 4.74 Å². The Bertz CT molecular complexity index is 469. The molecule has 1 saturated carbocycles. The Morgan fingerprint density at radius 1 is 1.39 bits per heavy atom. The molecule has 0 radical (unpaired) electrons. The molecule has 0 unspecified atom stereocenters. The predicted molar refractivity (Wildman–Crippen MR) is 70.6 cm³/mol. The van der Waals surface area contributed by atoms with E-state index in [-0.39, 0.29) is 5.54 Å². The number of aliphatic imine (C=N–C) groups is 1. The maximum absolute atomic E-state index is 10.8. The first-order chi connectivity index (χ1) is 8.77. The fraction of sp³-hybridized carbons (Fsp3) is 0.533. The molecule has 1 fully saturated rings. The number of rotatable bonds is 4. The van der Waals surface area contributed by atoms with Crippen LogP contribution in [0.2, 0.25) is 0 Å². The fourth-order valence-corrected chi connectivity index (χ4v) is 3.05. The van der Waals surface area contributed by atoms with Gasteiger partial charge in [0.05, 0.1) is 12.6 Å². The van der Waals surface area contributed by atoms with Crippen LogP contribution in [0.3, 0.4) is 0 Å². The smallest absolute Gasteiger partial charge is 0.235 e. The van der Waals surface area contributed by atoms with Crippen LogP contribution in [0.4, 0.5) is 0 Å². The van der Waals surface area contributed by atoms with Crippen molar-refractivity contribution >= 4 is 6.08 Å². The van der Waals surface area contributed by atoms with Crippen LogP contribution in [-0.2, 0) is 16.8 Å². The number of methoxy groups -OCH3 is 1. The second kappa shape index (κ2) is 5.36. The van der Waals surface area contributed by atoms with E-state index in [4.69, 9.17) is 4.74 Å². The Kier molecular flexibility index (Phi) is 3.83. The molecule has 2 rings (SSSR count). The normalized spacial score (nSPS) is 17.2. The first-order valence-electron chi connectivity index (χ1n) is 6.53. The predicted octanol–water partition coefficient (Wildman–Crippen LogP) is 3.36. The largest absolute Gasteiger partial charge is 0.496 e. The first-order valence-corrected chi connectivity index (χ1v) is 6.53. The molecule has 1 aliphatic carbocycles. The average molecular weight is 245 g/mol. The van der Waals surface area contributed by atoms with E-state index in [0.29, 0.717) is 0 Å². The minimum atomic E-state index is -0.359. The quantitative estimate of drug-likeness (QED) is 0.602. The Morgan fingerprint density at radius 3 is 2.67 bits per heavy atom. The Labute approximate surface area is 108 Å². The van der Waals surface area contributed by atoms with Gasteiger partial charge in [-0.25, -0.2) is 4.79 Å². The summed E-state index contributed by atoms with van der Waals surface area (Å²) in [5.74, 6) is 0.891. The van der Waals surface area contributed by atoms with Gasteiger partial charge < -0.3 is 4.74 Å². The Balaban J connectivity index is 2.57. The molecule has 0 aliphatic heterocycles. The second-order valence-electron chi connectivity index (χ2n) is 4.78. The van der Waals surface area contributed by atoms with Crippen molar-refractivity contribution < 1.29 is 9.53 Å². The molecule has 3 heteroatoms. The summed E-state index contributed by atoms with van der Waals surface area (Å²) in [6, 6.07) is 6.02. The molecule has 0 aromatic heterocycles. The monoisotopic (exact) mass is 245 g/mol. The van der Waals surface area contributed by atoms with Crippen LogP contribution in [0.5, 0.6) is 5.75 Å². The molecule has 0 N–H and O–H groups in total. The zero-order valence-electron chi connectivity index (χ0n) is 11.0. The van der Waals surface area contributed by atoms with Gasteiger partial charge in [-0.2, -0.15) is 4.99 Å². The summed E-state index contributed by atoms with van der Waals surface area (Å²) >= 11 is 0. The average Bonchev–Trinajstić information content (AvgIpc) is 2.87. The van der Waals surface area contributed by atoms with E-state index < -0.39 is 0 Å². The van der Waals surface area contributed by atoms with Gasteiger partial charge >= 0.3 is 0 Å². The van der Waals surface area contributed by atoms with Crippen molar-refractivity contribution in [2.45, 2.75) is 44.6 Å². The molecule has 1 aliphatic rings. The van der Waals surface area contributed by atoms with Crippen molar-refractivity contribution in [1.82, 2.24) is 0 Å². The third kappa shape index (κ3) is 2.06. The minimum Gasteiger partial charge on any atom is -0.496 e. The summed E-state index contributed by atoms with van der Waals surface area (Å²) < 4.78 is 5.42. The first kappa shape index (κ1) is 12.8. The summed E-state index contributed by atoms with van der Waals surface area (Å²) in [6.07, 6.45) is 6.76. The van der Waals surface area contributed by atoms with Gasteiger partial charge in [0.15, 0.2) is 0 Å². The van der Waals surface area contributed by atoms with Crippen LogP contribution in [0, 0.1) is 0 Å². The van der Waals surface area contributed by atoms with Crippen molar-refractivity contribution in [3.63, 3.8) is 0 Å². The summed E-state index contributed by atoms with van der Waals surface area (Å²) in [5.41, 5.74) is 1.95. The van der Waals surface area contributed by atoms with Gasteiger partial charge in [0, 0.05) is 0 Å². The van der Waals surface area contributed by atoms with Gasteiger partial charge in [0.2, 0.25) is 6.08 Å². The van der Waals surface area contributed by atoms with Crippen molar-refractivity contribution in [2.24, 2.45) is 4.99 Å². The van der Waals surface area contributed by atoms with E-state index >= 15 is 0 Å². The zero-order chi connectivity index (χ0) is 13.0. The van der Waals surface area contributed by atoms with E-state index in [1.807, 2.05) is 12.1 Å². The number of hydrogen-bond acceptors (Lipinski definition) is 3. The van der Waals surface area contributed by atoms with Crippen LogP contribution in [0.1, 0.15) is 43.7 Å². The van der Waals surface area contributed by atoms with Gasteiger partial charge in [0.1, 0.15) is 5.75 Å². The summed E-state index contributed by atoms with van der Waals surface area (Å²) in [7, 11) is 1.68. The zero-order valence-corrected chi connectivity index (χ0v) is 11.0. The number of hydrogen-bond donors (Lipinski definition) is 0. The highest BCUT2D eigenvalue weighted by Crippen LogP contribution is 2.45. The summed E-state index contributed by atoms with van der Waals surface area (Å²) in [5, 5.41) is 0. The number of isocyanates is 1. The van der Waals surface area contributed by atoms with E-state index in [9.17, 15) is 4.79 Å². The standard InChI is InChI=1S/C15H19NO2/c1-3-12-13(7-6-8-14(12)18-2)15(16-11-17)9-4-5-10-15/h6-8H,3-5,9-10H2,1-2H3. The number of nitrogens with zero attached hydrogens (tertiary/aromatic N) is 1. The Morgan fingerprint density at radius 2 is 2.11 bits per heavy atom. The van der Waals surface area contributed by atoms with Crippen molar-refractivity contribution in [3.05, 3.63) is 29.3 Å². The van der Waals surface area contributed by atoms with E-state index in [1.165, 1.54) is 5.56 Å². The van der Waals surface area contributed by atoms with Gasteiger partial charge in [-0.15, -0.1) is 0 Å². The van der Waals surface area contributed by atoms with E-state index in [2.05, 4.69) is 18.0 Å². The molecule has 0 amide bonds. The molecule has 3 nitrogen and oxygen atoms in total. The number of carbonyl (C=O) groups excluding carboxylic acids is 1. The topological polar surface area (TPSA) is 38.7 Å². The molecule has 1 aromatic rings.